The zero-order valence-corrected chi connectivity index (χ0v) is 11.9. The van der Waals surface area contributed by atoms with Crippen molar-refractivity contribution in [1.29, 1.82) is 0 Å². The van der Waals surface area contributed by atoms with Crippen LogP contribution in [-0.2, 0) is 0 Å². The molecule has 1 unspecified atom stereocenters. The molecule has 0 aromatic carbocycles. The summed E-state index contributed by atoms with van der Waals surface area (Å²) in [5.74, 6) is 0. The van der Waals surface area contributed by atoms with Crippen molar-refractivity contribution in [2.24, 2.45) is 5.41 Å². The number of aliphatic hydroxyl groups excluding tert-OH is 1. The van der Waals surface area contributed by atoms with Gasteiger partial charge in [-0.2, -0.15) is 0 Å². The van der Waals surface area contributed by atoms with Crippen LogP contribution in [0.5, 0.6) is 0 Å². The van der Waals surface area contributed by atoms with Crippen LogP contribution in [0.15, 0.2) is 11.1 Å². The maximum absolute atomic E-state index is 10.5. The lowest BCUT2D eigenvalue weighted by atomic mass is 9.86. The van der Waals surface area contributed by atoms with Crippen LogP contribution in [0.3, 0.4) is 0 Å². The number of hydrogen-bond acceptors (Lipinski definition) is 2. The first-order valence-corrected chi connectivity index (χ1v) is 7.71. The van der Waals surface area contributed by atoms with E-state index in [2.05, 4.69) is 18.7 Å². The molecule has 18 heavy (non-hydrogen) atoms. The summed E-state index contributed by atoms with van der Waals surface area (Å²) >= 11 is 0. The summed E-state index contributed by atoms with van der Waals surface area (Å²) in [7, 11) is 0. The molecule has 0 aromatic heterocycles. The minimum absolute atomic E-state index is 0.0766. The van der Waals surface area contributed by atoms with Gasteiger partial charge in [-0.3, -0.25) is 4.90 Å². The van der Waals surface area contributed by atoms with Gasteiger partial charge < -0.3 is 5.11 Å². The zero-order valence-electron chi connectivity index (χ0n) is 11.9. The summed E-state index contributed by atoms with van der Waals surface area (Å²) in [6, 6.07) is 0.795. The Morgan fingerprint density at radius 2 is 1.89 bits per heavy atom. The van der Waals surface area contributed by atoms with Gasteiger partial charge in [-0.1, -0.05) is 38.7 Å². The average Bonchev–Trinajstić information content (AvgIpc) is 2.61. The fraction of sp³-hybridized carbons (Fsp3) is 0.875. The first kappa shape index (κ1) is 12.7. The van der Waals surface area contributed by atoms with Crippen LogP contribution in [0.4, 0.5) is 0 Å². The Kier molecular flexibility index (Phi) is 3.27. The molecule has 0 aromatic rings. The van der Waals surface area contributed by atoms with Crippen LogP contribution in [0.2, 0.25) is 0 Å². The average molecular weight is 249 g/mol. The van der Waals surface area contributed by atoms with Crippen LogP contribution in [0, 0.1) is 5.41 Å². The summed E-state index contributed by atoms with van der Waals surface area (Å²) in [5, 5.41) is 10.5. The van der Waals surface area contributed by atoms with Gasteiger partial charge in [0.05, 0.1) is 6.10 Å². The predicted molar refractivity (Wildman–Crippen MR) is 74.5 cm³/mol. The van der Waals surface area contributed by atoms with E-state index in [1.165, 1.54) is 50.6 Å². The largest absolute Gasteiger partial charge is 0.388 e. The second-order valence-electron chi connectivity index (χ2n) is 7.21. The maximum Gasteiger partial charge on any atom is 0.0819 e. The van der Waals surface area contributed by atoms with Crippen molar-refractivity contribution in [3.05, 3.63) is 11.1 Å². The molecule has 3 aliphatic rings. The Labute approximate surface area is 111 Å². The molecule has 0 bridgehead atoms. The molecule has 1 heterocycles. The van der Waals surface area contributed by atoms with Gasteiger partial charge in [-0.25, -0.2) is 0 Å². The zero-order chi connectivity index (χ0) is 12.8. The molecule has 1 N–H and O–H groups in total. The van der Waals surface area contributed by atoms with Crippen molar-refractivity contribution >= 4 is 0 Å². The summed E-state index contributed by atoms with van der Waals surface area (Å²) in [6.45, 7) is 6.69. The third-order valence-electron chi connectivity index (χ3n) is 5.36. The molecule has 1 atom stereocenters. The molecule has 2 heteroatoms. The van der Waals surface area contributed by atoms with E-state index < -0.39 is 0 Å². The van der Waals surface area contributed by atoms with Crippen molar-refractivity contribution in [3.8, 4) is 0 Å². The third-order valence-corrected chi connectivity index (χ3v) is 5.36. The van der Waals surface area contributed by atoms with Crippen LogP contribution >= 0.6 is 0 Å². The molecule has 1 saturated carbocycles. The van der Waals surface area contributed by atoms with Gasteiger partial charge in [0.15, 0.2) is 0 Å². The van der Waals surface area contributed by atoms with Gasteiger partial charge >= 0.3 is 0 Å². The fourth-order valence-electron chi connectivity index (χ4n) is 4.21. The highest BCUT2D eigenvalue weighted by molar-refractivity contribution is 5.32. The highest BCUT2D eigenvalue weighted by atomic mass is 16.3. The van der Waals surface area contributed by atoms with Gasteiger partial charge in [0.2, 0.25) is 0 Å². The molecule has 3 rings (SSSR count). The lowest BCUT2D eigenvalue weighted by molar-refractivity contribution is 0.0854. The summed E-state index contributed by atoms with van der Waals surface area (Å²) in [4.78, 5) is 2.66. The Balaban J connectivity index is 1.70. The molecule has 0 amide bonds. The standard InChI is InChI=1S/C16H27NO/c1-16(2)10-12-8-9-17(11-14(12)15(16)18)13-6-4-3-5-7-13/h13,15,18H,3-11H2,1-2H3. The lowest BCUT2D eigenvalue weighted by Crippen LogP contribution is -2.42. The second-order valence-corrected chi connectivity index (χ2v) is 7.21. The van der Waals surface area contributed by atoms with Gasteiger partial charge in [-0.05, 0) is 36.7 Å². The Bertz CT molecular complexity index is 352. The molecule has 0 spiro atoms. The van der Waals surface area contributed by atoms with Crippen molar-refractivity contribution in [3.63, 3.8) is 0 Å². The van der Waals surface area contributed by atoms with Crippen molar-refractivity contribution < 1.29 is 5.11 Å². The Morgan fingerprint density at radius 3 is 2.61 bits per heavy atom. The van der Waals surface area contributed by atoms with Gasteiger partial charge in [0, 0.05) is 19.1 Å². The first-order chi connectivity index (χ1) is 8.58. The number of rotatable bonds is 1. The molecule has 0 radical (unpaired) electrons. The third kappa shape index (κ3) is 2.14. The highest BCUT2D eigenvalue weighted by Crippen LogP contribution is 2.45. The van der Waals surface area contributed by atoms with Crippen molar-refractivity contribution in [2.45, 2.75) is 70.9 Å². The number of hydrogen-bond donors (Lipinski definition) is 1. The van der Waals surface area contributed by atoms with Crippen molar-refractivity contribution in [1.82, 2.24) is 4.90 Å². The van der Waals surface area contributed by atoms with Gasteiger partial charge in [-0.15, -0.1) is 0 Å². The van der Waals surface area contributed by atoms with Crippen LogP contribution < -0.4 is 0 Å². The lowest BCUT2D eigenvalue weighted by Gasteiger charge is -2.38. The molecule has 2 aliphatic carbocycles. The summed E-state index contributed by atoms with van der Waals surface area (Å²) in [5.41, 5.74) is 3.02. The molecule has 102 valence electrons. The van der Waals surface area contributed by atoms with E-state index in [-0.39, 0.29) is 11.5 Å². The van der Waals surface area contributed by atoms with Crippen LogP contribution in [-0.4, -0.2) is 35.2 Å². The summed E-state index contributed by atoms with van der Waals surface area (Å²) in [6.07, 6.45) is 9.10. The van der Waals surface area contributed by atoms with Crippen molar-refractivity contribution in [2.75, 3.05) is 13.1 Å². The quantitative estimate of drug-likeness (QED) is 0.722. The Hall–Kier alpha value is -0.340. The van der Waals surface area contributed by atoms with Gasteiger partial charge in [0.25, 0.3) is 0 Å². The van der Waals surface area contributed by atoms with E-state index in [0.717, 1.165) is 19.0 Å². The maximum atomic E-state index is 10.5. The first-order valence-electron chi connectivity index (χ1n) is 7.71. The topological polar surface area (TPSA) is 23.5 Å². The van der Waals surface area contributed by atoms with E-state index in [4.69, 9.17) is 0 Å². The molecular formula is C16H27NO. The Morgan fingerprint density at radius 1 is 1.17 bits per heavy atom. The number of nitrogens with zero attached hydrogens (tertiary/aromatic N) is 1. The molecule has 1 fully saturated rings. The minimum atomic E-state index is -0.195. The van der Waals surface area contributed by atoms with E-state index in [1.807, 2.05) is 0 Å². The smallest absolute Gasteiger partial charge is 0.0819 e. The fourth-order valence-corrected chi connectivity index (χ4v) is 4.21. The molecular weight excluding hydrogens is 222 g/mol. The number of aliphatic hydroxyl groups is 1. The van der Waals surface area contributed by atoms with E-state index in [0.29, 0.717) is 0 Å². The monoisotopic (exact) mass is 249 g/mol. The normalized spacial score (nSPS) is 33.8. The second kappa shape index (κ2) is 4.64. The van der Waals surface area contributed by atoms with E-state index >= 15 is 0 Å². The highest BCUT2D eigenvalue weighted by Gasteiger charge is 2.42. The minimum Gasteiger partial charge on any atom is -0.388 e. The van der Waals surface area contributed by atoms with E-state index in [1.54, 1.807) is 5.57 Å². The van der Waals surface area contributed by atoms with Gasteiger partial charge in [0.1, 0.15) is 0 Å². The van der Waals surface area contributed by atoms with Crippen LogP contribution in [0.1, 0.15) is 58.8 Å². The SMILES string of the molecule is CC1(C)CC2=C(CN(C3CCCCC3)CC2)C1O. The molecule has 2 nitrogen and oxygen atoms in total. The molecule has 1 aliphatic heterocycles. The summed E-state index contributed by atoms with van der Waals surface area (Å²) < 4.78 is 0. The van der Waals surface area contributed by atoms with E-state index in [9.17, 15) is 5.11 Å². The molecule has 0 saturated heterocycles. The van der Waals surface area contributed by atoms with Crippen LogP contribution in [0.25, 0.3) is 0 Å². The predicted octanol–water partition coefficient (Wildman–Crippen LogP) is 3.11.